The predicted molar refractivity (Wildman–Crippen MR) is 114 cm³/mol. The van der Waals surface area contributed by atoms with Crippen molar-refractivity contribution < 1.29 is 22.3 Å². The highest BCUT2D eigenvalue weighted by molar-refractivity contribution is 7.92. The van der Waals surface area contributed by atoms with Gasteiger partial charge in [-0.2, -0.15) is 0 Å². The Kier molecular flexibility index (Phi) is 6.59. The molecule has 3 aromatic rings. The van der Waals surface area contributed by atoms with Gasteiger partial charge in [-0.1, -0.05) is 35.9 Å². The Morgan fingerprint density at radius 2 is 1.67 bits per heavy atom. The van der Waals surface area contributed by atoms with E-state index >= 15 is 0 Å². The minimum atomic E-state index is -4.26. The number of hydrogen-bond donors (Lipinski definition) is 1. The second-order valence-electron chi connectivity index (χ2n) is 6.17. The number of rotatable bonds is 7. The van der Waals surface area contributed by atoms with E-state index in [1.807, 2.05) is 0 Å². The van der Waals surface area contributed by atoms with Crippen LogP contribution in [0.4, 0.5) is 15.8 Å². The van der Waals surface area contributed by atoms with Crippen LogP contribution in [0.1, 0.15) is 0 Å². The molecule has 0 aromatic heterocycles. The van der Waals surface area contributed by atoms with Gasteiger partial charge < -0.3 is 10.1 Å². The standard InChI is InChI=1S/C21H18ClFN2O4S/c1-29-15-10-12-16(13-11-15)30(27,28)25(20-9-5-3-7-18(20)23)14-21(26)24-19-8-4-2-6-17(19)22/h2-13H,14H2,1H3,(H,24,26). The van der Waals surface area contributed by atoms with Crippen molar-refractivity contribution in [3.63, 3.8) is 0 Å². The molecule has 1 amide bonds. The normalized spacial score (nSPS) is 11.0. The molecule has 9 heteroatoms. The molecule has 0 radical (unpaired) electrons. The van der Waals surface area contributed by atoms with Gasteiger partial charge in [0.05, 0.1) is 28.4 Å². The number of amides is 1. The van der Waals surface area contributed by atoms with E-state index in [1.54, 1.807) is 24.3 Å². The molecule has 0 aliphatic carbocycles. The fraction of sp³-hybridized carbons (Fsp3) is 0.0952. The Labute approximate surface area is 178 Å². The van der Waals surface area contributed by atoms with Gasteiger partial charge in [-0.3, -0.25) is 9.10 Å². The molecule has 1 N–H and O–H groups in total. The summed E-state index contributed by atoms with van der Waals surface area (Å²) >= 11 is 6.04. The molecule has 0 aliphatic heterocycles. The molecule has 0 heterocycles. The zero-order valence-corrected chi connectivity index (χ0v) is 17.5. The summed E-state index contributed by atoms with van der Waals surface area (Å²) < 4.78 is 46.7. The Balaban J connectivity index is 1.97. The number of carbonyl (C=O) groups excluding carboxylic acids is 1. The molecule has 0 bridgehead atoms. The summed E-state index contributed by atoms with van der Waals surface area (Å²) in [5.41, 5.74) is 0.0714. The van der Waals surface area contributed by atoms with Crippen LogP contribution in [0, 0.1) is 5.82 Å². The van der Waals surface area contributed by atoms with Crippen LogP contribution in [0.5, 0.6) is 5.75 Å². The largest absolute Gasteiger partial charge is 0.497 e. The topological polar surface area (TPSA) is 75.7 Å². The molecule has 0 aliphatic rings. The summed E-state index contributed by atoms with van der Waals surface area (Å²) in [6.07, 6.45) is 0. The van der Waals surface area contributed by atoms with Gasteiger partial charge in [0.25, 0.3) is 10.0 Å². The monoisotopic (exact) mass is 448 g/mol. The third-order valence-electron chi connectivity index (χ3n) is 4.20. The van der Waals surface area contributed by atoms with E-state index < -0.39 is 28.3 Å². The number of nitrogens with zero attached hydrogens (tertiary/aromatic N) is 1. The molecule has 6 nitrogen and oxygen atoms in total. The lowest BCUT2D eigenvalue weighted by Gasteiger charge is -2.24. The number of benzene rings is 3. The van der Waals surface area contributed by atoms with Gasteiger partial charge in [-0.05, 0) is 48.5 Å². The number of hydrogen-bond acceptors (Lipinski definition) is 4. The van der Waals surface area contributed by atoms with Crippen molar-refractivity contribution in [1.82, 2.24) is 0 Å². The van der Waals surface area contributed by atoms with E-state index in [0.717, 1.165) is 10.4 Å². The molecular formula is C21H18ClFN2O4S. The van der Waals surface area contributed by atoms with Gasteiger partial charge in [-0.25, -0.2) is 12.8 Å². The van der Waals surface area contributed by atoms with Crippen molar-refractivity contribution in [2.75, 3.05) is 23.3 Å². The molecule has 3 aromatic carbocycles. The number of sulfonamides is 1. The van der Waals surface area contributed by atoms with Crippen LogP contribution in [0.15, 0.2) is 77.7 Å². The number of halogens is 2. The summed E-state index contributed by atoms with van der Waals surface area (Å²) in [5, 5.41) is 2.85. The molecule has 0 fully saturated rings. The minimum Gasteiger partial charge on any atom is -0.497 e. The molecule has 156 valence electrons. The summed E-state index contributed by atoms with van der Waals surface area (Å²) in [4.78, 5) is 12.5. The second-order valence-corrected chi connectivity index (χ2v) is 8.44. The fourth-order valence-electron chi connectivity index (χ4n) is 2.71. The summed E-state index contributed by atoms with van der Waals surface area (Å²) in [6, 6.07) is 17.4. The molecule has 30 heavy (non-hydrogen) atoms. The molecule has 3 rings (SSSR count). The first kappa shape index (κ1) is 21.6. The lowest BCUT2D eigenvalue weighted by molar-refractivity contribution is -0.114. The fourth-order valence-corrected chi connectivity index (χ4v) is 4.32. The number of para-hydroxylation sites is 2. The van der Waals surface area contributed by atoms with Crippen molar-refractivity contribution >= 4 is 38.9 Å². The maximum absolute atomic E-state index is 14.5. The molecular weight excluding hydrogens is 431 g/mol. The molecule has 0 unspecified atom stereocenters. The number of anilines is 2. The third kappa shape index (κ3) is 4.72. The lowest BCUT2D eigenvalue weighted by atomic mass is 10.3. The van der Waals surface area contributed by atoms with Gasteiger partial charge >= 0.3 is 0 Å². The number of methoxy groups -OCH3 is 1. The zero-order chi connectivity index (χ0) is 21.7. The number of ether oxygens (including phenoxy) is 1. The number of carbonyl (C=O) groups is 1. The van der Waals surface area contributed by atoms with Crippen LogP contribution in [0.2, 0.25) is 5.02 Å². The first-order chi connectivity index (χ1) is 14.3. The maximum Gasteiger partial charge on any atom is 0.264 e. The quantitative estimate of drug-likeness (QED) is 0.584. The van der Waals surface area contributed by atoms with E-state index in [1.165, 1.54) is 49.6 Å². The van der Waals surface area contributed by atoms with Crippen molar-refractivity contribution in [3.05, 3.63) is 83.6 Å². The van der Waals surface area contributed by atoms with Crippen molar-refractivity contribution in [2.24, 2.45) is 0 Å². The first-order valence-corrected chi connectivity index (χ1v) is 10.6. The van der Waals surface area contributed by atoms with Crippen LogP contribution in [0.3, 0.4) is 0 Å². The Hall–Kier alpha value is -3.10. The predicted octanol–water partition coefficient (Wildman–Crippen LogP) is 4.32. The SMILES string of the molecule is COc1ccc(S(=O)(=O)N(CC(=O)Nc2ccccc2Cl)c2ccccc2F)cc1. The van der Waals surface area contributed by atoms with Gasteiger partial charge in [-0.15, -0.1) is 0 Å². The van der Waals surface area contributed by atoms with Crippen LogP contribution in [0.25, 0.3) is 0 Å². The molecule has 0 spiro atoms. The maximum atomic E-state index is 14.5. The van der Waals surface area contributed by atoms with E-state index in [2.05, 4.69) is 5.32 Å². The highest BCUT2D eigenvalue weighted by atomic mass is 35.5. The van der Waals surface area contributed by atoms with Gasteiger partial charge in [0.15, 0.2) is 0 Å². The van der Waals surface area contributed by atoms with Gasteiger partial charge in [0.2, 0.25) is 5.91 Å². The van der Waals surface area contributed by atoms with E-state index in [0.29, 0.717) is 16.5 Å². The highest BCUT2D eigenvalue weighted by Gasteiger charge is 2.29. The minimum absolute atomic E-state index is 0.114. The first-order valence-electron chi connectivity index (χ1n) is 8.78. The Morgan fingerprint density at radius 1 is 1.03 bits per heavy atom. The summed E-state index contributed by atoms with van der Waals surface area (Å²) in [5.74, 6) is -0.994. The van der Waals surface area contributed by atoms with Crippen LogP contribution >= 0.6 is 11.6 Å². The average Bonchev–Trinajstić information content (AvgIpc) is 2.74. The van der Waals surface area contributed by atoms with Gasteiger partial charge in [0.1, 0.15) is 18.1 Å². The highest BCUT2D eigenvalue weighted by Crippen LogP contribution is 2.28. The zero-order valence-electron chi connectivity index (χ0n) is 15.9. The van der Waals surface area contributed by atoms with E-state index in [9.17, 15) is 17.6 Å². The lowest BCUT2D eigenvalue weighted by Crippen LogP contribution is -2.38. The smallest absolute Gasteiger partial charge is 0.264 e. The summed E-state index contributed by atoms with van der Waals surface area (Å²) in [6.45, 7) is -0.652. The third-order valence-corrected chi connectivity index (χ3v) is 6.31. The van der Waals surface area contributed by atoms with Crippen molar-refractivity contribution in [3.8, 4) is 5.75 Å². The Bertz CT molecular complexity index is 1150. The number of nitrogens with one attached hydrogen (secondary N) is 1. The second kappa shape index (κ2) is 9.15. The van der Waals surface area contributed by atoms with E-state index in [4.69, 9.17) is 16.3 Å². The summed E-state index contributed by atoms with van der Waals surface area (Å²) in [7, 11) is -2.80. The molecule has 0 atom stereocenters. The van der Waals surface area contributed by atoms with Crippen LogP contribution < -0.4 is 14.4 Å². The molecule has 0 saturated carbocycles. The van der Waals surface area contributed by atoms with Crippen LogP contribution in [-0.2, 0) is 14.8 Å². The van der Waals surface area contributed by atoms with Crippen molar-refractivity contribution in [1.29, 1.82) is 0 Å². The molecule has 0 saturated heterocycles. The van der Waals surface area contributed by atoms with Crippen LogP contribution in [-0.4, -0.2) is 28.0 Å². The van der Waals surface area contributed by atoms with Gasteiger partial charge in [0, 0.05) is 0 Å². The Morgan fingerprint density at radius 3 is 2.30 bits per heavy atom. The van der Waals surface area contributed by atoms with Crippen molar-refractivity contribution in [2.45, 2.75) is 4.90 Å². The average molecular weight is 449 g/mol. The van der Waals surface area contributed by atoms with E-state index in [-0.39, 0.29) is 10.6 Å².